The van der Waals surface area contributed by atoms with Gasteiger partial charge in [0.25, 0.3) is 5.91 Å². The first-order valence-electron chi connectivity index (χ1n) is 9.81. The first-order chi connectivity index (χ1) is 14.0. The van der Waals surface area contributed by atoms with Crippen LogP contribution in [0.1, 0.15) is 42.6 Å². The Morgan fingerprint density at radius 1 is 1.17 bits per heavy atom. The molecule has 0 saturated carbocycles. The molecule has 1 unspecified atom stereocenters. The quantitative estimate of drug-likeness (QED) is 0.624. The van der Waals surface area contributed by atoms with E-state index in [9.17, 15) is 4.79 Å². The molecule has 0 bridgehead atoms. The molecular formula is C23H27N3O2S. The summed E-state index contributed by atoms with van der Waals surface area (Å²) in [6.07, 6.45) is 2.16. The van der Waals surface area contributed by atoms with Crippen molar-refractivity contribution in [2.45, 2.75) is 39.2 Å². The van der Waals surface area contributed by atoms with Gasteiger partial charge in [0.2, 0.25) is 0 Å². The van der Waals surface area contributed by atoms with Crippen molar-refractivity contribution in [2.75, 3.05) is 13.1 Å². The van der Waals surface area contributed by atoms with Gasteiger partial charge in [-0.15, -0.1) is 0 Å². The summed E-state index contributed by atoms with van der Waals surface area (Å²) in [6, 6.07) is 19.2. The third-order valence-electron chi connectivity index (χ3n) is 4.54. The summed E-state index contributed by atoms with van der Waals surface area (Å²) >= 11 is 5.44. The van der Waals surface area contributed by atoms with E-state index in [1.165, 1.54) is 5.56 Å². The van der Waals surface area contributed by atoms with Crippen LogP contribution in [0.4, 0.5) is 0 Å². The highest BCUT2D eigenvalue weighted by Crippen LogP contribution is 2.15. The molecule has 0 saturated heterocycles. The van der Waals surface area contributed by atoms with Crippen LogP contribution >= 0.6 is 12.2 Å². The van der Waals surface area contributed by atoms with Crippen molar-refractivity contribution in [3.05, 3.63) is 65.7 Å². The molecule has 0 heterocycles. The molecule has 6 heteroatoms. The molecule has 0 spiro atoms. The monoisotopic (exact) mass is 409 g/mol. The third kappa shape index (κ3) is 7.55. The van der Waals surface area contributed by atoms with E-state index < -0.39 is 0 Å². The summed E-state index contributed by atoms with van der Waals surface area (Å²) < 4.78 is 5.74. The zero-order valence-corrected chi connectivity index (χ0v) is 17.7. The van der Waals surface area contributed by atoms with E-state index in [2.05, 4.69) is 18.3 Å². The van der Waals surface area contributed by atoms with Gasteiger partial charge in [-0.1, -0.05) is 37.3 Å². The van der Waals surface area contributed by atoms with Gasteiger partial charge in [0.05, 0.1) is 18.6 Å². The minimum absolute atomic E-state index is 0.126. The van der Waals surface area contributed by atoms with Gasteiger partial charge in [-0.25, -0.2) is 0 Å². The first-order valence-corrected chi connectivity index (χ1v) is 10.2. The average molecular weight is 410 g/mol. The summed E-state index contributed by atoms with van der Waals surface area (Å²) in [5, 5.41) is 12.0. The van der Waals surface area contributed by atoms with E-state index in [4.69, 9.17) is 22.2 Å². The van der Waals surface area contributed by atoms with Crippen molar-refractivity contribution in [1.82, 2.24) is 10.2 Å². The van der Waals surface area contributed by atoms with Crippen molar-refractivity contribution < 1.29 is 9.53 Å². The van der Waals surface area contributed by atoms with Crippen LogP contribution in [0, 0.1) is 11.3 Å². The Balaban J connectivity index is 1.96. The average Bonchev–Trinajstić information content (AvgIpc) is 2.74. The van der Waals surface area contributed by atoms with Crippen molar-refractivity contribution in [3.8, 4) is 11.8 Å². The molecule has 0 aliphatic heterocycles. The number of nitrogens with zero attached hydrogens (tertiary/aromatic N) is 2. The number of ether oxygens (including phenoxy) is 1. The minimum Gasteiger partial charge on any atom is -0.491 e. The smallest absolute Gasteiger partial charge is 0.257 e. The molecule has 0 aliphatic rings. The fourth-order valence-corrected chi connectivity index (χ4v) is 2.93. The summed E-state index contributed by atoms with van der Waals surface area (Å²) in [7, 11) is 0. The van der Waals surface area contributed by atoms with Gasteiger partial charge < -0.3 is 9.64 Å². The molecule has 1 N–H and O–H groups in total. The molecule has 0 radical (unpaired) electrons. The lowest BCUT2D eigenvalue weighted by atomic mass is 10.1. The molecule has 5 nitrogen and oxygen atoms in total. The summed E-state index contributed by atoms with van der Waals surface area (Å²) in [6.45, 7) is 5.17. The summed E-state index contributed by atoms with van der Waals surface area (Å²) in [4.78, 5) is 14.4. The zero-order valence-electron chi connectivity index (χ0n) is 16.9. The fourth-order valence-electron chi connectivity index (χ4n) is 2.66. The van der Waals surface area contributed by atoms with E-state index in [1.807, 2.05) is 42.2 Å². The van der Waals surface area contributed by atoms with Gasteiger partial charge >= 0.3 is 0 Å². The Morgan fingerprint density at radius 2 is 1.86 bits per heavy atom. The lowest BCUT2D eigenvalue weighted by Gasteiger charge is -2.24. The van der Waals surface area contributed by atoms with Crippen LogP contribution in [0.2, 0.25) is 0 Å². The van der Waals surface area contributed by atoms with Gasteiger partial charge in [-0.2, -0.15) is 5.26 Å². The number of nitriles is 1. The second-order valence-electron chi connectivity index (χ2n) is 6.75. The molecule has 29 heavy (non-hydrogen) atoms. The van der Waals surface area contributed by atoms with E-state index in [0.717, 1.165) is 18.6 Å². The van der Waals surface area contributed by atoms with E-state index in [1.54, 1.807) is 24.3 Å². The maximum absolute atomic E-state index is 12.6. The lowest BCUT2D eigenvalue weighted by molar-refractivity contribution is 0.0973. The maximum Gasteiger partial charge on any atom is 0.257 e. The number of hydrogen-bond donors (Lipinski definition) is 1. The molecule has 0 fully saturated rings. The molecule has 2 aromatic carbocycles. The van der Waals surface area contributed by atoms with Crippen LogP contribution in [0.25, 0.3) is 0 Å². The molecule has 1 amide bonds. The third-order valence-corrected chi connectivity index (χ3v) is 4.90. The minimum atomic E-state index is -0.272. The molecule has 0 aromatic heterocycles. The van der Waals surface area contributed by atoms with Crippen LogP contribution < -0.4 is 10.1 Å². The lowest BCUT2D eigenvalue weighted by Crippen LogP contribution is -2.44. The van der Waals surface area contributed by atoms with E-state index in [0.29, 0.717) is 30.2 Å². The number of amides is 1. The maximum atomic E-state index is 12.6. The first kappa shape index (κ1) is 22.4. The largest absolute Gasteiger partial charge is 0.491 e. The normalized spacial score (nSPS) is 11.2. The van der Waals surface area contributed by atoms with Crippen LogP contribution in [0.3, 0.4) is 0 Å². The molecule has 2 rings (SSSR count). The van der Waals surface area contributed by atoms with Crippen molar-refractivity contribution in [3.63, 3.8) is 0 Å². The van der Waals surface area contributed by atoms with Crippen molar-refractivity contribution in [1.29, 1.82) is 5.26 Å². The Morgan fingerprint density at radius 3 is 2.48 bits per heavy atom. The number of rotatable bonds is 9. The van der Waals surface area contributed by atoms with Gasteiger partial charge in [-0.05, 0) is 61.8 Å². The predicted octanol–water partition coefficient (Wildman–Crippen LogP) is 4.34. The standard InChI is InChI=1S/C23H27N3O2S/c1-3-18(2)28-21-12-10-20(11-13-21)22(27)25-23(29)26(16-7-15-24)17-14-19-8-5-4-6-9-19/h4-6,8-13,18H,3,7,14,16-17H2,1-2H3,(H,25,27,29). The van der Waals surface area contributed by atoms with Crippen LogP contribution in [-0.4, -0.2) is 35.1 Å². The molecular weight excluding hydrogens is 382 g/mol. The van der Waals surface area contributed by atoms with Gasteiger partial charge in [0, 0.05) is 18.7 Å². The fraction of sp³-hybridized carbons (Fsp3) is 0.348. The Labute approximate surface area is 178 Å². The Hall–Kier alpha value is -2.91. The molecule has 1 atom stereocenters. The van der Waals surface area contributed by atoms with Crippen molar-refractivity contribution in [2.24, 2.45) is 0 Å². The zero-order chi connectivity index (χ0) is 21.1. The Bertz CT molecular complexity index is 831. The molecule has 2 aromatic rings. The van der Waals surface area contributed by atoms with Gasteiger partial charge in [-0.3, -0.25) is 10.1 Å². The number of carbonyl (C=O) groups excluding carboxylic acids is 1. The second kappa shape index (κ2) is 11.8. The number of carbonyl (C=O) groups is 1. The summed E-state index contributed by atoms with van der Waals surface area (Å²) in [5.74, 6) is 0.462. The topological polar surface area (TPSA) is 65.4 Å². The number of benzene rings is 2. The number of thiocarbonyl (C=S) groups is 1. The summed E-state index contributed by atoms with van der Waals surface area (Å²) in [5.41, 5.74) is 1.69. The molecule has 152 valence electrons. The number of nitrogens with one attached hydrogen (secondary N) is 1. The van der Waals surface area contributed by atoms with E-state index >= 15 is 0 Å². The van der Waals surface area contributed by atoms with Crippen LogP contribution in [-0.2, 0) is 6.42 Å². The van der Waals surface area contributed by atoms with Crippen molar-refractivity contribution >= 4 is 23.2 Å². The highest BCUT2D eigenvalue weighted by atomic mass is 32.1. The highest BCUT2D eigenvalue weighted by molar-refractivity contribution is 7.80. The van der Waals surface area contributed by atoms with E-state index in [-0.39, 0.29) is 12.0 Å². The van der Waals surface area contributed by atoms with Gasteiger partial charge in [0.15, 0.2) is 5.11 Å². The SMILES string of the molecule is CCC(C)Oc1ccc(C(=O)NC(=S)N(CCC#N)CCc2ccccc2)cc1. The Kier molecular flexibility index (Phi) is 9.13. The predicted molar refractivity (Wildman–Crippen MR) is 119 cm³/mol. The highest BCUT2D eigenvalue weighted by Gasteiger charge is 2.14. The van der Waals surface area contributed by atoms with Crippen LogP contribution in [0.5, 0.6) is 5.75 Å². The van der Waals surface area contributed by atoms with Crippen LogP contribution in [0.15, 0.2) is 54.6 Å². The number of hydrogen-bond acceptors (Lipinski definition) is 4. The molecule has 0 aliphatic carbocycles. The van der Waals surface area contributed by atoms with Gasteiger partial charge in [0.1, 0.15) is 5.75 Å². The second-order valence-corrected chi connectivity index (χ2v) is 7.14.